The average molecular weight is 690 g/mol. The predicted octanol–water partition coefficient (Wildman–Crippen LogP) is 6.85. The summed E-state index contributed by atoms with van der Waals surface area (Å²) in [4.78, 5) is 56.2. The van der Waals surface area contributed by atoms with E-state index in [9.17, 15) is 32.9 Å². The number of Topliss-reactive ketones (excluding diaryl/α,β-unsaturated/α-hetero) is 1. The molecular weight excluding hydrogens is 656 g/mol. The molecule has 14 heteroatoms. The van der Waals surface area contributed by atoms with E-state index in [4.69, 9.17) is 9.90 Å². The fourth-order valence-corrected chi connectivity index (χ4v) is 7.07. The van der Waals surface area contributed by atoms with Gasteiger partial charge in [0, 0.05) is 0 Å². The van der Waals surface area contributed by atoms with Gasteiger partial charge in [0.25, 0.3) is 0 Å². The van der Waals surface area contributed by atoms with E-state index in [2.05, 4.69) is 15.0 Å². The molecule has 0 aliphatic heterocycles. The van der Waals surface area contributed by atoms with Crippen molar-refractivity contribution in [2.45, 2.75) is 69.7 Å². The number of rotatable bonds is 14. The number of fused-ring (bicyclic) bond motifs is 1. The van der Waals surface area contributed by atoms with Gasteiger partial charge in [-0.15, -0.1) is 0 Å². The number of nitro benzene ring substituents is 1. The van der Waals surface area contributed by atoms with Crippen LogP contribution in [-0.4, -0.2) is 63.2 Å². The Morgan fingerprint density at radius 2 is 1.76 bits per heavy atom. The maximum absolute atomic E-state index is 13.4. The fraction of sp³-hybridized carbons (Fsp3) is 0.355. The van der Waals surface area contributed by atoms with Gasteiger partial charge in [0.05, 0.1) is 0 Å². The van der Waals surface area contributed by atoms with Gasteiger partial charge in [-0.1, -0.05) is 0 Å². The number of unbranched alkanes of at least 4 members (excludes halogenated alkanes) is 2. The van der Waals surface area contributed by atoms with E-state index in [0.29, 0.717) is 12.8 Å². The van der Waals surface area contributed by atoms with Gasteiger partial charge in [-0.2, -0.15) is 13.2 Å². The number of nitrogens with zero attached hydrogens (tertiary/aromatic N) is 2. The zero-order valence-electron chi connectivity index (χ0n) is 24.7. The Balaban J connectivity index is 0.000000707. The summed E-state index contributed by atoms with van der Waals surface area (Å²) in [6.45, 7) is 3.79. The molecule has 0 amide bonds. The van der Waals surface area contributed by atoms with Gasteiger partial charge >= 0.3 is 241 Å². The number of benzene rings is 2. The van der Waals surface area contributed by atoms with Crippen LogP contribution in [0.4, 0.5) is 18.9 Å². The number of nitro groups is 1. The number of ketones is 1. The van der Waals surface area contributed by atoms with Crippen LogP contribution in [0.1, 0.15) is 67.2 Å². The number of carbonyl (C=O) groups is 3. The number of nitrogens with one attached hydrogen (secondary N) is 2. The van der Waals surface area contributed by atoms with Crippen molar-refractivity contribution in [1.29, 1.82) is 0 Å². The van der Waals surface area contributed by atoms with E-state index >= 15 is 0 Å². The first kappa shape index (κ1) is 35.2. The van der Waals surface area contributed by atoms with Gasteiger partial charge in [-0.05, 0) is 0 Å². The molecule has 0 aliphatic carbocycles. The molecule has 2 heterocycles. The molecule has 2 aromatic heterocycles. The molecule has 0 bridgehead atoms. The number of halogens is 3. The molecule has 0 saturated heterocycles. The Morgan fingerprint density at radius 1 is 1.07 bits per heavy atom. The molecule has 10 nitrogen and oxygen atoms in total. The molecule has 4 rings (SSSR count). The van der Waals surface area contributed by atoms with Crippen LogP contribution in [0.25, 0.3) is 22.2 Å². The van der Waals surface area contributed by atoms with E-state index in [1.165, 1.54) is 6.07 Å². The van der Waals surface area contributed by atoms with Crippen LogP contribution in [0.2, 0.25) is 0 Å². The molecule has 1 atom stereocenters. The smallest absolute Gasteiger partial charge is 0.475 e. The van der Waals surface area contributed by atoms with Crippen LogP contribution < -0.4 is 0 Å². The summed E-state index contributed by atoms with van der Waals surface area (Å²) in [5.41, 5.74) is 4.46. The maximum Gasteiger partial charge on any atom is 0.490 e. The third-order valence-electron chi connectivity index (χ3n) is 7.01. The van der Waals surface area contributed by atoms with Crippen LogP contribution >= 0.6 is 0 Å². The van der Waals surface area contributed by atoms with Crippen molar-refractivity contribution in [3.63, 3.8) is 0 Å². The Bertz CT molecular complexity index is 1640. The summed E-state index contributed by atoms with van der Waals surface area (Å²) >= 11 is -0.739. The molecule has 1 radical (unpaired) electrons. The summed E-state index contributed by atoms with van der Waals surface area (Å²) < 4.78 is 31.9. The van der Waals surface area contributed by atoms with Crippen LogP contribution in [-0.2, 0) is 20.8 Å². The number of imidazole rings is 1. The monoisotopic (exact) mass is 689 g/mol. The normalized spacial score (nSPS) is 12.2. The minimum Gasteiger partial charge on any atom is -0.475 e. The van der Waals surface area contributed by atoms with Crippen molar-refractivity contribution in [3.8, 4) is 11.3 Å². The maximum atomic E-state index is 13.4. The van der Waals surface area contributed by atoms with Gasteiger partial charge in [-0.25, -0.2) is 4.79 Å². The second-order valence-electron chi connectivity index (χ2n) is 10.3. The minimum atomic E-state index is -5.08. The SMILES string of the molecule is CCC(=O)CCCCC[C@H]([As]C(=O)Cc1c(C)[nH]c2ccc([N+](=O)[O-])cc12)c1ncc(-c2ccccc2)[nH]1.O=C(O)C(F)(F)F. The number of carboxylic acids is 1. The van der Waals surface area contributed by atoms with Crippen LogP contribution in [0, 0.1) is 17.0 Å². The third-order valence-corrected chi connectivity index (χ3v) is 9.65. The Labute approximate surface area is 263 Å². The number of carbonyl (C=O) groups excluding carboxylic acids is 2. The van der Waals surface area contributed by atoms with Crippen molar-refractivity contribution < 1.29 is 37.6 Å². The molecule has 0 unspecified atom stereocenters. The topological polar surface area (TPSA) is 159 Å². The Hall–Kier alpha value is -4.25. The molecule has 0 aliphatic rings. The summed E-state index contributed by atoms with van der Waals surface area (Å²) in [6.07, 6.45) is 1.72. The number of alkyl halides is 3. The van der Waals surface area contributed by atoms with Gasteiger partial charge in [0.2, 0.25) is 0 Å². The van der Waals surface area contributed by atoms with Gasteiger partial charge in [0.1, 0.15) is 0 Å². The summed E-state index contributed by atoms with van der Waals surface area (Å²) in [7, 11) is 0. The molecular formula is C31H33AsF3N4O6. The zero-order valence-corrected chi connectivity index (χ0v) is 26.6. The van der Waals surface area contributed by atoms with Crippen molar-refractivity contribution in [3.05, 3.63) is 81.9 Å². The van der Waals surface area contributed by atoms with Crippen molar-refractivity contribution in [2.75, 3.05) is 0 Å². The van der Waals surface area contributed by atoms with Crippen molar-refractivity contribution >= 4 is 48.7 Å². The quantitative estimate of drug-likeness (QED) is 0.0565. The third kappa shape index (κ3) is 10.4. The number of H-pyrrole nitrogens is 2. The van der Waals surface area contributed by atoms with Crippen molar-refractivity contribution in [2.24, 2.45) is 0 Å². The standard InChI is InChI=1S/C29H32AsN4O4.C2HF3O2/c1-3-22(35)12-8-5-9-13-25(29-31-18-27(33-29)20-10-6-4-7-11-20)30-28(36)17-23-19(2)32-26-15-14-21(34(37)38)16-24(23)26;3-2(4,5)1(6)7/h4,6-7,10-11,14-16,18,25,32H,3,5,8-9,12-13,17H2,1-2H3,(H,31,33);(H,6,7)/t25-;/m0./s1. The Kier molecular flexibility index (Phi) is 12.7. The number of aliphatic carboxylic acids is 1. The van der Waals surface area contributed by atoms with Gasteiger partial charge < -0.3 is 5.11 Å². The molecule has 0 spiro atoms. The van der Waals surface area contributed by atoms with Crippen LogP contribution in [0.3, 0.4) is 0 Å². The number of hydrogen-bond donors (Lipinski definition) is 3. The zero-order chi connectivity index (χ0) is 33.1. The van der Waals surface area contributed by atoms with E-state index in [1.54, 1.807) is 12.1 Å². The number of hydrogen-bond acceptors (Lipinski definition) is 6. The minimum absolute atomic E-state index is 0.0120. The summed E-state index contributed by atoms with van der Waals surface area (Å²) in [5, 5.41) is 19.2. The molecule has 3 N–H and O–H groups in total. The second kappa shape index (κ2) is 16.2. The first-order chi connectivity index (χ1) is 21.3. The van der Waals surface area contributed by atoms with Crippen LogP contribution in [0.5, 0.6) is 0 Å². The first-order valence-corrected chi connectivity index (χ1v) is 16.2. The van der Waals surface area contributed by atoms with E-state index in [1.807, 2.05) is 50.4 Å². The van der Waals surface area contributed by atoms with E-state index in [0.717, 1.165) is 64.9 Å². The molecule has 0 saturated carbocycles. The predicted molar refractivity (Wildman–Crippen MR) is 163 cm³/mol. The molecule has 239 valence electrons. The van der Waals surface area contributed by atoms with Gasteiger partial charge in [0.15, 0.2) is 0 Å². The first-order valence-electron chi connectivity index (χ1n) is 14.2. The average Bonchev–Trinajstić information content (AvgIpc) is 3.61. The molecule has 0 fully saturated rings. The van der Waals surface area contributed by atoms with E-state index in [-0.39, 0.29) is 27.2 Å². The van der Waals surface area contributed by atoms with Gasteiger partial charge in [-0.3, -0.25) is 0 Å². The number of non-ortho nitro benzene ring substituents is 1. The fourth-order valence-electron chi connectivity index (χ4n) is 4.63. The number of aromatic nitrogens is 3. The van der Waals surface area contributed by atoms with Crippen LogP contribution in [0.15, 0.2) is 54.7 Å². The summed E-state index contributed by atoms with van der Waals surface area (Å²) in [5.74, 6) is -1.64. The van der Waals surface area contributed by atoms with Crippen molar-refractivity contribution in [1.82, 2.24) is 15.0 Å². The number of aromatic amines is 2. The largest absolute Gasteiger partial charge is 0.490 e. The molecule has 4 aromatic rings. The summed E-state index contributed by atoms with van der Waals surface area (Å²) in [6, 6.07) is 14.7. The number of carboxylic acid groups (broad SMARTS) is 1. The Morgan fingerprint density at radius 3 is 2.38 bits per heavy atom. The number of aryl methyl sites for hydroxylation is 1. The molecule has 45 heavy (non-hydrogen) atoms. The van der Waals surface area contributed by atoms with E-state index < -0.39 is 32.8 Å². The second-order valence-corrected chi connectivity index (χ2v) is 13.2. The molecule has 2 aromatic carbocycles.